The minimum absolute atomic E-state index is 0.215. The third-order valence-electron chi connectivity index (χ3n) is 3.40. The quantitative estimate of drug-likeness (QED) is 0.475. The molecule has 1 aromatic heterocycles. The molecule has 25 heavy (non-hydrogen) atoms. The van der Waals surface area contributed by atoms with Crippen molar-refractivity contribution in [3.05, 3.63) is 75.9 Å². The summed E-state index contributed by atoms with van der Waals surface area (Å²) in [5, 5.41) is 0.486. The Kier molecular flexibility index (Phi) is 5.74. The van der Waals surface area contributed by atoms with E-state index < -0.39 is 11.6 Å². The molecule has 0 unspecified atom stereocenters. The van der Waals surface area contributed by atoms with E-state index in [9.17, 15) is 9.59 Å². The first kappa shape index (κ1) is 18.0. The molecule has 0 aliphatic heterocycles. The van der Waals surface area contributed by atoms with Crippen molar-refractivity contribution in [3.8, 4) is 16.9 Å². The molecule has 0 N–H and O–H groups in total. The number of ether oxygens (including phenoxy) is 2. The average molecular weight is 338 g/mol. The van der Waals surface area contributed by atoms with Gasteiger partial charge in [0.2, 0.25) is 0 Å². The number of benzene rings is 1. The highest BCUT2D eigenvalue weighted by atomic mass is 16.5. The van der Waals surface area contributed by atoms with Gasteiger partial charge in [-0.2, -0.15) is 0 Å². The molecule has 2 aromatic rings. The maximum Gasteiger partial charge on any atom is 0.344 e. The zero-order valence-electron chi connectivity index (χ0n) is 14.1. The Morgan fingerprint density at radius 1 is 1.24 bits per heavy atom. The largest absolute Gasteiger partial charge is 0.497 e. The van der Waals surface area contributed by atoms with E-state index in [0.717, 1.165) is 6.08 Å². The second-order valence-electron chi connectivity index (χ2n) is 5.03. The lowest BCUT2D eigenvalue weighted by Gasteiger charge is -2.03. The van der Waals surface area contributed by atoms with E-state index in [0.29, 0.717) is 22.1 Å². The molecule has 0 amide bonds. The van der Waals surface area contributed by atoms with Crippen molar-refractivity contribution >= 4 is 18.6 Å². The first-order chi connectivity index (χ1) is 12.0. The lowest BCUT2D eigenvalue weighted by Crippen LogP contribution is -2.29. The monoisotopic (exact) mass is 338 g/mol. The molecule has 2 rings (SSSR count). The minimum Gasteiger partial charge on any atom is -0.497 e. The molecule has 0 spiro atoms. The van der Waals surface area contributed by atoms with Gasteiger partial charge in [0.05, 0.1) is 12.7 Å². The summed E-state index contributed by atoms with van der Waals surface area (Å²) in [7, 11) is 1.57. The average Bonchev–Trinajstić information content (AvgIpc) is 2.63. The molecule has 128 valence electrons. The van der Waals surface area contributed by atoms with E-state index in [2.05, 4.69) is 13.2 Å². The van der Waals surface area contributed by atoms with Crippen molar-refractivity contribution < 1.29 is 18.7 Å². The summed E-state index contributed by atoms with van der Waals surface area (Å²) in [5.74, 6) is 0.317. The van der Waals surface area contributed by atoms with Crippen LogP contribution in [-0.2, 0) is 9.53 Å². The maximum atomic E-state index is 12.3. The summed E-state index contributed by atoms with van der Waals surface area (Å²) in [4.78, 5) is 23.6. The third kappa shape index (κ3) is 4.35. The maximum absolute atomic E-state index is 12.3. The van der Waals surface area contributed by atoms with E-state index in [1.165, 1.54) is 6.08 Å². The van der Waals surface area contributed by atoms with Crippen LogP contribution in [0, 0.1) is 0 Å². The Labute approximate surface area is 144 Å². The molecule has 0 radical (unpaired) electrons. The lowest BCUT2D eigenvalue weighted by atomic mass is 10.1. The highest BCUT2D eigenvalue weighted by molar-refractivity contribution is 5.83. The van der Waals surface area contributed by atoms with E-state index in [1.807, 2.05) is 0 Å². The minimum atomic E-state index is -0.604. The van der Waals surface area contributed by atoms with Crippen molar-refractivity contribution in [2.24, 2.45) is 0 Å². The van der Waals surface area contributed by atoms with E-state index in [4.69, 9.17) is 13.9 Å². The fourth-order valence-electron chi connectivity index (χ4n) is 2.08. The number of hydrogen-bond donors (Lipinski definition) is 0. The van der Waals surface area contributed by atoms with Crippen molar-refractivity contribution in [2.45, 2.75) is 6.92 Å². The zero-order valence-corrected chi connectivity index (χ0v) is 14.1. The number of carbonyl (C=O) groups excluding carboxylic acids is 1. The summed E-state index contributed by atoms with van der Waals surface area (Å²) in [6, 6.07) is 8.66. The van der Waals surface area contributed by atoms with Crippen molar-refractivity contribution in [1.29, 1.82) is 0 Å². The molecule has 0 bridgehead atoms. The molecule has 0 fully saturated rings. The van der Waals surface area contributed by atoms with Gasteiger partial charge in [0.25, 0.3) is 0 Å². The third-order valence-corrected chi connectivity index (χ3v) is 3.40. The summed E-state index contributed by atoms with van der Waals surface area (Å²) in [6.07, 6.45) is 4.05. The highest BCUT2D eigenvalue weighted by Gasteiger charge is 2.07. The molecular formula is C20H18O5. The van der Waals surface area contributed by atoms with Crippen LogP contribution in [0.1, 0.15) is 6.92 Å². The molecule has 0 atom stereocenters. The number of esters is 1. The van der Waals surface area contributed by atoms with Gasteiger partial charge >= 0.3 is 11.6 Å². The predicted molar refractivity (Wildman–Crippen MR) is 96.2 cm³/mol. The molecule has 1 aromatic carbocycles. The first-order valence-electron chi connectivity index (χ1n) is 7.48. The van der Waals surface area contributed by atoms with Crippen molar-refractivity contribution in [2.75, 3.05) is 7.11 Å². The Balaban J connectivity index is 2.47. The van der Waals surface area contributed by atoms with Gasteiger partial charge in [-0.1, -0.05) is 25.3 Å². The fourth-order valence-corrected chi connectivity index (χ4v) is 2.08. The Morgan fingerprint density at radius 2 is 1.92 bits per heavy atom. The number of methoxy groups -OCH3 is 1. The van der Waals surface area contributed by atoms with Gasteiger partial charge < -0.3 is 13.9 Å². The summed E-state index contributed by atoms with van der Waals surface area (Å²) >= 11 is 0. The predicted octanol–water partition coefficient (Wildman–Crippen LogP) is 2.14. The van der Waals surface area contributed by atoms with Gasteiger partial charge in [0, 0.05) is 17.4 Å². The summed E-state index contributed by atoms with van der Waals surface area (Å²) < 4.78 is 15.5. The van der Waals surface area contributed by atoms with E-state index in [1.54, 1.807) is 50.4 Å². The van der Waals surface area contributed by atoms with Crippen molar-refractivity contribution in [3.63, 3.8) is 0 Å². The van der Waals surface area contributed by atoms with Crippen LogP contribution in [0.5, 0.6) is 5.75 Å². The summed E-state index contributed by atoms with van der Waals surface area (Å²) in [5.41, 5.74) is 0.770. The SMILES string of the molecule is C=CC(=O)OC(=C/C)/C=c1/oc(=O)c(-c2ccc(OC)cc2)cc1=C. The van der Waals surface area contributed by atoms with Crippen LogP contribution in [0.25, 0.3) is 23.8 Å². The molecule has 0 aliphatic rings. The summed E-state index contributed by atoms with van der Waals surface area (Å²) in [6.45, 7) is 8.91. The van der Waals surface area contributed by atoms with Gasteiger partial charge in [-0.3, -0.25) is 0 Å². The highest BCUT2D eigenvalue weighted by Crippen LogP contribution is 2.18. The molecule has 5 nitrogen and oxygen atoms in total. The van der Waals surface area contributed by atoms with Gasteiger partial charge in [-0.15, -0.1) is 0 Å². The number of rotatable bonds is 5. The molecule has 0 saturated heterocycles. The number of hydrogen-bond acceptors (Lipinski definition) is 5. The molecule has 0 aliphatic carbocycles. The van der Waals surface area contributed by atoms with E-state index in [-0.39, 0.29) is 11.2 Å². The zero-order chi connectivity index (χ0) is 18.4. The van der Waals surface area contributed by atoms with Gasteiger partial charge in [-0.05, 0) is 36.8 Å². The van der Waals surface area contributed by atoms with Crippen LogP contribution in [0.3, 0.4) is 0 Å². The molecule has 1 heterocycles. The Hall–Kier alpha value is -3.34. The van der Waals surface area contributed by atoms with Gasteiger partial charge in [-0.25, -0.2) is 9.59 Å². The van der Waals surface area contributed by atoms with Crippen LogP contribution in [0.15, 0.2) is 64.0 Å². The van der Waals surface area contributed by atoms with Gasteiger partial charge in [0.15, 0.2) is 0 Å². The number of carbonyl (C=O) groups is 1. The smallest absolute Gasteiger partial charge is 0.344 e. The molecule has 5 heteroatoms. The van der Waals surface area contributed by atoms with Crippen LogP contribution in [-0.4, -0.2) is 13.1 Å². The topological polar surface area (TPSA) is 65.7 Å². The first-order valence-corrected chi connectivity index (χ1v) is 7.48. The second-order valence-corrected chi connectivity index (χ2v) is 5.03. The van der Waals surface area contributed by atoms with Crippen LogP contribution in [0.4, 0.5) is 0 Å². The molecule has 0 saturated carbocycles. The Morgan fingerprint density at radius 3 is 2.48 bits per heavy atom. The van der Waals surface area contributed by atoms with E-state index >= 15 is 0 Å². The lowest BCUT2D eigenvalue weighted by molar-refractivity contribution is -0.133. The molecular weight excluding hydrogens is 320 g/mol. The second kappa shape index (κ2) is 7.97. The van der Waals surface area contributed by atoms with Crippen LogP contribution >= 0.6 is 0 Å². The van der Waals surface area contributed by atoms with Crippen LogP contribution in [0.2, 0.25) is 0 Å². The van der Waals surface area contributed by atoms with Gasteiger partial charge in [0.1, 0.15) is 16.9 Å². The fraction of sp³-hybridized carbons (Fsp3) is 0.100. The number of allylic oxidation sites excluding steroid dienone is 2. The Bertz CT molecular complexity index is 978. The normalized spacial score (nSPS) is 11.9. The standard InChI is InChI=1S/C20H18O5/c1-5-15(24-19(21)6-2)12-18-13(3)11-17(20(22)25-18)14-7-9-16(23-4)10-8-14/h5-12H,2-3H2,1,4H3/b15-5+,18-12+. The van der Waals surface area contributed by atoms with Crippen LogP contribution < -0.4 is 21.0 Å². The van der Waals surface area contributed by atoms with Crippen molar-refractivity contribution in [1.82, 2.24) is 0 Å².